The van der Waals surface area contributed by atoms with Crippen LogP contribution in [0.1, 0.15) is 19.3 Å². The molecule has 0 aromatic carbocycles. The van der Waals surface area contributed by atoms with E-state index in [2.05, 4.69) is 24.1 Å². The van der Waals surface area contributed by atoms with Crippen molar-refractivity contribution in [2.75, 3.05) is 25.2 Å². The SMILES string of the molecule is CNC(C1=COCCC1)C1CCSC1. The van der Waals surface area contributed by atoms with Gasteiger partial charge >= 0.3 is 0 Å². The number of hydrogen-bond acceptors (Lipinski definition) is 3. The van der Waals surface area contributed by atoms with Crippen LogP contribution in [0.3, 0.4) is 0 Å². The van der Waals surface area contributed by atoms with Gasteiger partial charge in [-0.1, -0.05) is 0 Å². The lowest BCUT2D eigenvalue weighted by Crippen LogP contribution is -2.36. The van der Waals surface area contributed by atoms with Crippen molar-refractivity contribution in [1.82, 2.24) is 5.32 Å². The van der Waals surface area contributed by atoms with E-state index in [1.165, 1.54) is 36.3 Å². The van der Waals surface area contributed by atoms with Gasteiger partial charge in [-0.25, -0.2) is 0 Å². The van der Waals surface area contributed by atoms with Crippen LogP contribution in [0.15, 0.2) is 11.8 Å². The van der Waals surface area contributed by atoms with Crippen LogP contribution in [0.5, 0.6) is 0 Å². The quantitative estimate of drug-likeness (QED) is 0.775. The van der Waals surface area contributed by atoms with E-state index >= 15 is 0 Å². The molecule has 0 spiro atoms. The number of thioether (sulfide) groups is 1. The fourth-order valence-electron chi connectivity index (χ4n) is 2.35. The van der Waals surface area contributed by atoms with E-state index in [9.17, 15) is 0 Å². The molecule has 1 saturated heterocycles. The molecule has 0 bridgehead atoms. The van der Waals surface area contributed by atoms with Gasteiger partial charge in [0, 0.05) is 6.04 Å². The standard InChI is InChI=1S/C11H19NOS/c1-12-11(10-4-6-14-8-10)9-3-2-5-13-7-9/h7,10-12H,2-6,8H2,1H3. The summed E-state index contributed by atoms with van der Waals surface area (Å²) >= 11 is 2.08. The second-order valence-corrected chi connectivity index (χ2v) is 5.21. The minimum absolute atomic E-state index is 0.560. The third-order valence-electron chi connectivity index (χ3n) is 3.11. The third kappa shape index (κ3) is 2.26. The van der Waals surface area contributed by atoms with Gasteiger partial charge in [0.1, 0.15) is 0 Å². The van der Waals surface area contributed by atoms with Crippen LogP contribution < -0.4 is 5.32 Å². The van der Waals surface area contributed by atoms with Gasteiger partial charge in [-0.15, -0.1) is 0 Å². The van der Waals surface area contributed by atoms with Crippen molar-refractivity contribution in [3.05, 3.63) is 11.8 Å². The highest BCUT2D eigenvalue weighted by atomic mass is 32.2. The number of nitrogens with one attached hydrogen (secondary N) is 1. The molecule has 14 heavy (non-hydrogen) atoms. The lowest BCUT2D eigenvalue weighted by Gasteiger charge is -2.27. The molecule has 0 aliphatic carbocycles. The zero-order chi connectivity index (χ0) is 9.80. The molecule has 2 aliphatic heterocycles. The minimum Gasteiger partial charge on any atom is -0.501 e. The first-order valence-electron chi connectivity index (χ1n) is 5.47. The maximum absolute atomic E-state index is 5.42. The van der Waals surface area contributed by atoms with Gasteiger partial charge < -0.3 is 10.1 Å². The molecule has 2 atom stereocenters. The first-order valence-corrected chi connectivity index (χ1v) is 6.63. The maximum atomic E-state index is 5.42. The molecule has 1 fully saturated rings. The van der Waals surface area contributed by atoms with Crippen molar-refractivity contribution in [3.8, 4) is 0 Å². The van der Waals surface area contributed by atoms with Crippen LogP contribution >= 0.6 is 11.8 Å². The van der Waals surface area contributed by atoms with Gasteiger partial charge in [0.2, 0.25) is 0 Å². The molecule has 0 aromatic heterocycles. The van der Waals surface area contributed by atoms with Crippen LogP contribution in [-0.2, 0) is 4.74 Å². The monoisotopic (exact) mass is 213 g/mol. The molecule has 0 amide bonds. The number of likely N-dealkylation sites (N-methyl/N-ethyl adjacent to an activating group) is 1. The van der Waals surface area contributed by atoms with Crippen molar-refractivity contribution in [2.45, 2.75) is 25.3 Å². The van der Waals surface area contributed by atoms with Crippen LogP contribution in [0, 0.1) is 5.92 Å². The molecule has 1 N–H and O–H groups in total. The summed E-state index contributed by atoms with van der Waals surface area (Å²) in [6.45, 7) is 0.902. The Morgan fingerprint density at radius 1 is 1.64 bits per heavy atom. The predicted molar refractivity (Wildman–Crippen MR) is 61.5 cm³/mol. The van der Waals surface area contributed by atoms with Gasteiger partial charge in [-0.05, 0) is 49.3 Å². The van der Waals surface area contributed by atoms with E-state index < -0.39 is 0 Å². The summed E-state index contributed by atoms with van der Waals surface area (Å²) in [5.74, 6) is 3.46. The van der Waals surface area contributed by atoms with Crippen molar-refractivity contribution >= 4 is 11.8 Å². The summed E-state index contributed by atoms with van der Waals surface area (Å²) < 4.78 is 5.42. The van der Waals surface area contributed by atoms with Crippen molar-refractivity contribution in [2.24, 2.45) is 5.92 Å². The zero-order valence-electron chi connectivity index (χ0n) is 8.79. The van der Waals surface area contributed by atoms with Crippen LogP contribution in [0.25, 0.3) is 0 Å². The Kier molecular flexibility index (Phi) is 3.76. The van der Waals surface area contributed by atoms with E-state index in [1.54, 1.807) is 0 Å². The van der Waals surface area contributed by atoms with Gasteiger partial charge in [0.15, 0.2) is 0 Å². The molecule has 0 saturated carbocycles. The molecule has 2 rings (SSSR count). The van der Waals surface area contributed by atoms with E-state index in [-0.39, 0.29) is 0 Å². The maximum Gasteiger partial charge on any atom is 0.0876 e. The lowest BCUT2D eigenvalue weighted by molar-refractivity contribution is 0.216. The average molecular weight is 213 g/mol. The van der Waals surface area contributed by atoms with E-state index in [4.69, 9.17) is 4.74 Å². The Hall–Kier alpha value is -0.150. The first kappa shape index (κ1) is 10.4. The van der Waals surface area contributed by atoms with Crippen molar-refractivity contribution in [3.63, 3.8) is 0 Å². The van der Waals surface area contributed by atoms with Crippen LogP contribution in [0.2, 0.25) is 0 Å². The lowest BCUT2D eigenvalue weighted by atomic mass is 9.90. The Balaban J connectivity index is 1.99. The highest BCUT2D eigenvalue weighted by Gasteiger charge is 2.27. The van der Waals surface area contributed by atoms with Gasteiger partial charge in [0.05, 0.1) is 12.9 Å². The largest absolute Gasteiger partial charge is 0.501 e. The summed E-state index contributed by atoms with van der Waals surface area (Å²) in [6.07, 6.45) is 5.75. The second kappa shape index (κ2) is 5.08. The molecule has 3 heteroatoms. The van der Waals surface area contributed by atoms with Gasteiger partial charge in [-0.2, -0.15) is 11.8 Å². The fourth-order valence-corrected chi connectivity index (χ4v) is 3.65. The molecule has 2 unspecified atom stereocenters. The van der Waals surface area contributed by atoms with Crippen LogP contribution in [-0.4, -0.2) is 31.2 Å². The predicted octanol–water partition coefficient (Wildman–Crippen LogP) is 2.02. The minimum atomic E-state index is 0.560. The molecule has 2 nitrogen and oxygen atoms in total. The van der Waals surface area contributed by atoms with Crippen molar-refractivity contribution in [1.29, 1.82) is 0 Å². The number of hydrogen-bond donors (Lipinski definition) is 1. The first-order chi connectivity index (χ1) is 6.92. The summed E-state index contributed by atoms with van der Waals surface area (Å²) in [7, 11) is 2.07. The van der Waals surface area contributed by atoms with E-state index in [0.717, 1.165) is 12.5 Å². The smallest absolute Gasteiger partial charge is 0.0876 e. The number of rotatable bonds is 3. The Morgan fingerprint density at radius 2 is 2.57 bits per heavy atom. The zero-order valence-corrected chi connectivity index (χ0v) is 9.61. The molecule has 80 valence electrons. The summed E-state index contributed by atoms with van der Waals surface area (Å²) in [6, 6.07) is 0.560. The average Bonchev–Trinajstić information content (AvgIpc) is 2.74. The van der Waals surface area contributed by atoms with E-state index in [0.29, 0.717) is 6.04 Å². The summed E-state index contributed by atoms with van der Waals surface area (Å²) in [5.41, 5.74) is 1.48. The normalized spacial score (nSPS) is 29.5. The molecule has 0 aromatic rings. The second-order valence-electron chi connectivity index (χ2n) is 4.06. The van der Waals surface area contributed by atoms with Crippen LogP contribution in [0.4, 0.5) is 0 Å². The topological polar surface area (TPSA) is 21.3 Å². The highest BCUT2D eigenvalue weighted by Crippen LogP contribution is 2.31. The van der Waals surface area contributed by atoms with E-state index in [1.807, 2.05) is 6.26 Å². The van der Waals surface area contributed by atoms with Crippen molar-refractivity contribution < 1.29 is 4.74 Å². The number of ether oxygens (including phenoxy) is 1. The van der Waals surface area contributed by atoms with Gasteiger partial charge in [0.25, 0.3) is 0 Å². The summed E-state index contributed by atoms with van der Waals surface area (Å²) in [5, 5.41) is 3.45. The third-order valence-corrected chi connectivity index (χ3v) is 4.30. The molecular formula is C11H19NOS. The summed E-state index contributed by atoms with van der Waals surface area (Å²) in [4.78, 5) is 0. The molecule has 2 heterocycles. The van der Waals surface area contributed by atoms with Gasteiger partial charge in [-0.3, -0.25) is 0 Å². The molecule has 0 radical (unpaired) electrons. The molecule has 2 aliphatic rings. The Bertz CT molecular complexity index is 211. The highest BCUT2D eigenvalue weighted by molar-refractivity contribution is 7.99. The molecular weight excluding hydrogens is 194 g/mol. The Labute approximate surface area is 90.5 Å². The fraction of sp³-hybridized carbons (Fsp3) is 0.818. The Morgan fingerprint density at radius 3 is 3.14 bits per heavy atom.